The topological polar surface area (TPSA) is 178 Å². The second kappa shape index (κ2) is 13.7. The Hall–Kier alpha value is -2.32. The predicted molar refractivity (Wildman–Crippen MR) is 66.9 cm³/mol. The van der Waals surface area contributed by atoms with E-state index in [9.17, 15) is 4.79 Å². The molecule has 0 spiro atoms. The summed E-state index contributed by atoms with van der Waals surface area (Å²) >= 11 is 0. The van der Waals surface area contributed by atoms with Gasteiger partial charge in [-0.25, -0.2) is 0 Å². The number of hydrogen-bond donors (Lipinski definition) is 5. The molecule has 0 saturated carbocycles. The van der Waals surface area contributed by atoms with Crippen LogP contribution >= 0.6 is 0 Å². The first-order valence-electron chi connectivity index (χ1n) is 4.74. The molecule has 0 bridgehead atoms. The Balaban J connectivity index is 0. The zero-order valence-electron chi connectivity index (χ0n) is 9.49. The molecule has 17 heavy (non-hydrogen) atoms. The zero-order valence-corrected chi connectivity index (χ0v) is 9.49. The first-order chi connectivity index (χ1) is 8.04. The number of oxime groups is 1. The molecule has 0 heterocycles. The summed E-state index contributed by atoms with van der Waals surface area (Å²) in [4.78, 5) is 16.8. The molecule has 0 saturated heterocycles. The number of rotatable bonds is 6. The van der Waals surface area contributed by atoms with Crippen molar-refractivity contribution in [1.29, 1.82) is 0 Å². The van der Waals surface area contributed by atoms with Gasteiger partial charge in [0.1, 0.15) is 6.29 Å². The second-order valence-corrected chi connectivity index (χ2v) is 2.66. The molecule has 0 aromatic heterocycles. The van der Waals surface area contributed by atoms with Crippen LogP contribution in [0.1, 0.15) is 12.8 Å². The van der Waals surface area contributed by atoms with Crippen molar-refractivity contribution in [3.05, 3.63) is 0 Å². The lowest BCUT2D eigenvalue weighted by Crippen LogP contribution is -2.22. The molecule has 0 atom stereocenters. The number of guanidine groups is 2. The van der Waals surface area contributed by atoms with Gasteiger partial charge in [-0.15, -0.1) is 5.16 Å². The van der Waals surface area contributed by atoms with Crippen LogP contribution in [0, 0.1) is 0 Å². The normalized spacial score (nSPS) is 8.94. The lowest BCUT2D eigenvalue weighted by Gasteiger charge is -1.87. The lowest BCUT2D eigenvalue weighted by atomic mass is 10.5. The maximum atomic E-state index is 9.64. The monoisotopic (exact) mass is 245 g/mol. The van der Waals surface area contributed by atoms with Crippen LogP contribution in [0.15, 0.2) is 15.1 Å². The van der Waals surface area contributed by atoms with Gasteiger partial charge in [0.15, 0.2) is 11.9 Å². The van der Waals surface area contributed by atoms with Gasteiger partial charge in [0.05, 0.1) is 0 Å². The average Bonchev–Trinajstić information content (AvgIpc) is 2.25. The summed E-state index contributed by atoms with van der Waals surface area (Å²) in [7, 11) is 0. The van der Waals surface area contributed by atoms with Crippen molar-refractivity contribution < 1.29 is 10.0 Å². The molecule has 0 aromatic rings. The molecule has 9 nitrogen and oxygen atoms in total. The van der Waals surface area contributed by atoms with E-state index < -0.39 is 0 Å². The molecule has 9 N–H and O–H groups in total. The molecule has 0 aromatic carbocycles. The number of nitrogens with two attached hydrogens (primary N) is 4. The van der Waals surface area contributed by atoms with Crippen LogP contribution in [-0.4, -0.2) is 42.7 Å². The summed E-state index contributed by atoms with van der Waals surface area (Å²) in [6.45, 7) is 0.859. The number of hydrogen-bond acceptors (Lipinski definition) is 5. The maximum Gasteiger partial charge on any atom is 0.185 e. The van der Waals surface area contributed by atoms with E-state index in [1.807, 2.05) is 0 Å². The lowest BCUT2D eigenvalue weighted by molar-refractivity contribution is -0.107. The molecule has 0 aliphatic rings. The Morgan fingerprint density at radius 2 is 1.47 bits per heavy atom. The van der Waals surface area contributed by atoms with Crippen molar-refractivity contribution in [2.24, 2.45) is 38.1 Å². The zero-order chi connectivity index (χ0) is 13.5. The van der Waals surface area contributed by atoms with Crippen molar-refractivity contribution in [2.75, 3.05) is 13.1 Å². The molecule has 0 rings (SSSR count). The third kappa shape index (κ3) is 24.8. The highest BCUT2D eigenvalue weighted by atomic mass is 16.4. The van der Waals surface area contributed by atoms with E-state index in [4.69, 9.17) is 28.1 Å². The Kier molecular flexibility index (Phi) is 13.7. The SMILES string of the molecule is NC(N)=NCC/C=N/O.NC(N)=NCCC=O. The van der Waals surface area contributed by atoms with Gasteiger partial charge >= 0.3 is 0 Å². The largest absolute Gasteiger partial charge is 0.411 e. The molecular weight excluding hydrogens is 226 g/mol. The van der Waals surface area contributed by atoms with Crippen LogP contribution in [0.5, 0.6) is 0 Å². The number of carbonyl (C=O) groups is 1. The number of carbonyl (C=O) groups excluding carboxylic acids is 1. The minimum atomic E-state index is 0.0341. The van der Waals surface area contributed by atoms with E-state index in [-0.39, 0.29) is 11.9 Å². The molecule has 0 aliphatic carbocycles. The molecule has 0 amide bonds. The van der Waals surface area contributed by atoms with Crippen LogP contribution in [0.3, 0.4) is 0 Å². The second-order valence-electron chi connectivity index (χ2n) is 2.66. The van der Waals surface area contributed by atoms with Crippen LogP contribution in [0.4, 0.5) is 0 Å². The third-order valence-corrected chi connectivity index (χ3v) is 1.18. The highest BCUT2D eigenvalue weighted by Gasteiger charge is 1.79. The first kappa shape index (κ1) is 17.1. The van der Waals surface area contributed by atoms with E-state index in [0.717, 1.165) is 6.29 Å². The Morgan fingerprint density at radius 1 is 1.00 bits per heavy atom. The molecule has 9 heteroatoms. The van der Waals surface area contributed by atoms with Gasteiger partial charge in [0.25, 0.3) is 0 Å². The van der Waals surface area contributed by atoms with Crippen molar-refractivity contribution in [3.8, 4) is 0 Å². The summed E-state index contributed by atoms with van der Waals surface area (Å²) in [6.07, 6.45) is 3.03. The van der Waals surface area contributed by atoms with Crippen molar-refractivity contribution in [2.45, 2.75) is 12.8 Å². The smallest absolute Gasteiger partial charge is 0.185 e. The summed E-state index contributed by atoms with van der Waals surface area (Å²) in [5.41, 5.74) is 19.9. The van der Waals surface area contributed by atoms with Crippen molar-refractivity contribution >= 4 is 24.4 Å². The standard InChI is InChI=1S/C4H10N4O.C4H9N3O/c5-4(6)7-2-1-3-8-9;5-4(6)7-2-1-3-8/h3,9H,1-2H2,(H4,5,6,7);3H,1-2H2,(H4,5,6,7)/b8-3+;. The quantitative estimate of drug-likeness (QED) is 0.0897. The van der Waals surface area contributed by atoms with E-state index in [2.05, 4.69) is 15.1 Å². The number of aliphatic imine (C=N–C) groups is 2. The Morgan fingerprint density at radius 3 is 1.82 bits per heavy atom. The minimum Gasteiger partial charge on any atom is -0.411 e. The molecule has 0 fully saturated rings. The molecule has 0 unspecified atom stereocenters. The highest BCUT2D eigenvalue weighted by molar-refractivity contribution is 5.76. The molecule has 0 radical (unpaired) electrons. The predicted octanol–water partition coefficient (Wildman–Crippen LogP) is -2.04. The third-order valence-electron chi connectivity index (χ3n) is 1.18. The van der Waals surface area contributed by atoms with Crippen LogP contribution in [-0.2, 0) is 4.79 Å². The van der Waals surface area contributed by atoms with Gasteiger partial charge in [-0.05, 0) is 0 Å². The van der Waals surface area contributed by atoms with Crippen molar-refractivity contribution in [1.82, 2.24) is 0 Å². The maximum absolute atomic E-state index is 9.64. The summed E-state index contributed by atoms with van der Waals surface area (Å²) in [6, 6.07) is 0. The molecular formula is C8H19N7O2. The van der Waals surface area contributed by atoms with Crippen LogP contribution in [0.2, 0.25) is 0 Å². The fraction of sp³-hybridized carbons (Fsp3) is 0.500. The van der Waals surface area contributed by atoms with Gasteiger partial charge in [0.2, 0.25) is 0 Å². The fourth-order valence-corrected chi connectivity index (χ4v) is 0.555. The van der Waals surface area contributed by atoms with Gasteiger partial charge in [0, 0.05) is 32.1 Å². The molecule has 98 valence electrons. The van der Waals surface area contributed by atoms with Gasteiger partial charge in [-0.1, -0.05) is 0 Å². The number of aldehydes is 1. The Labute approximate surface area is 99.3 Å². The number of nitrogens with zero attached hydrogens (tertiary/aromatic N) is 3. The van der Waals surface area contributed by atoms with Crippen molar-refractivity contribution in [3.63, 3.8) is 0 Å². The summed E-state index contributed by atoms with van der Waals surface area (Å²) in [5, 5.41) is 10.6. The Bertz CT molecular complexity index is 267. The van der Waals surface area contributed by atoms with Gasteiger partial charge < -0.3 is 32.9 Å². The summed E-state index contributed by atoms with van der Waals surface area (Å²) in [5.74, 6) is 0.0909. The van der Waals surface area contributed by atoms with E-state index in [0.29, 0.717) is 25.9 Å². The fourth-order valence-electron chi connectivity index (χ4n) is 0.555. The first-order valence-corrected chi connectivity index (χ1v) is 4.74. The van der Waals surface area contributed by atoms with Gasteiger partial charge in [-0.2, -0.15) is 0 Å². The summed E-state index contributed by atoms with van der Waals surface area (Å²) < 4.78 is 0. The van der Waals surface area contributed by atoms with Crippen LogP contribution in [0.25, 0.3) is 0 Å². The van der Waals surface area contributed by atoms with Gasteiger partial charge in [-0.3, -0.25) is 9.98 Å². The van der Waals surface area contributed by atoms with E-state index in [1.54, 1.807) is 0 Å². The molecule has 0 aliphatic heterocycles. The van der Waals surface area contributed by atoms with Crippen LogP contribution < -0.4 is 22.9 Å². The van der Waals surface area contributed by atoms with E-state index in [1.165, 1.54) is 6.21 Å². The average molecular weight is 245 g/mol. The minimum absolute atomic E-state index is 0.0341. The highest BCUT2D eigenvalue weighted by Crippen LogP contribution is 1.74. The van der Waals surface area contributed by atoms with E-state index >= 15 is 0 Å².